The number of nitrogens with two attached hydrogens (primary N) is 1. The van der Waals surface area contributed by atoms with E-state index in [4.69, 9.17) is 11.1 Å². The van der Waals surface area contributed by atoms with Gasteiger partial charge in [-0.15, -0.1) is 0 Å². The summed E-state index contributed by atoms with van der Waals surface area (Å²) in [6.07, 6.45) is 2.29. The summed E-state index contributed by atoms with van der Waals surface area (Å²) in [6.45, 7) is 5.53. The lowest BCUT2D eigenvalue weighted by molar-refractivity contribution is -0.131. The molecule has 2 rings (SSSR count). The fraction of sp³-hybridized carbons (Fsp3) is 0.423. The van der Waals surface area contributed by atoms with Crippen molar-refractivity contribution in [1.82, 2.24) is 15.4 Å². The standard InChI is InChI=1S/C26H37N5O4S2/c1-26(2,3)22(31-37(34,35)17-19-8-6-5-7-9-19)25(33)30-21(14-15-36-4)24(32)29-16-18-10-12-20(13-11-18)23(27)28/h5-13,21-22,31H,14-17H2,1-4H3,(H3,27,28)(H,29,32)(H,30,33). The first kappa shape index (κ1) is 30.3. The highest BCUT2D eigenvalue weighted by Gasteiger charge is 2.36. The van der Waals surface area contributed by atoms with Gasteiger partial charge in [-0.05, 0) is 35.0 Å². The lowest BCUT2D eigenvalue weighted by Gasteiger charge is -2.31. The Kier molecular flexibility index (Phi) is 11.1. The van der Waals surface area contributed by atoms with E-state index < -0.39 is 33.4 Å². The number of hydrogen-bond donors (Lipinski definition) is 5. The highest BCUT2D eigenvalue weighted by molar-refractivity contribution is 7.98. The largest absolute Gasteiger partial charge is 0.384 e. The third-order valence-electron chi connectivity index (χ3n) is 5.60. The van der Waals surface area contributed by atoms with E-state index >= 15 is 0 Å². The van der Waals surface area contributed by atoms with E-state index in [9.17, 15) is 18.0 Å². The van der Waals surface area contributed by atoms with Gasteiger partial charge in [0.05, 0.1) is 5.75 Å². The molecule has 0 heterocycles. The molecule has 0 aromatic heterocycles. The van der Waals surface area contributed by atoms with Gasteiger partial charge in [0, 0.05) is 12.1 Å². The molecule has 11 heteroatoms. The van der Waals surface area contributed by atoms with Gasteiger partial charge in [0.25, 0.3) is 0 Å². The molecule has 202 valence electrons. The zero-order valence-corrected chi connectivity index (χ0v) is 23.3. The molecule has 0 saturated heterocycles. The fourth-order valence-corrected chi connectivity index (χ4v) is 5.52. The maximum absolute atomic E-state index is 13.3. The van der Waals surface area contributed by atoms with E-state index in [1.54, 1.807) is 87.1 Å². The number of benzene rings is 2. The molecule has 2 unspecified atom stereocenters. The number of carbonyl (C=O) groups excluding carboxylic acids is 2. The zero-order valence-electron chi connectivity index (χ0n) is 21.7. The first-order valence-electron chi connectivity index (χ1n) is 11.9. The maximum Gasteiger partial charge on any atom is 0.242 e. The molecular weight excluding hydrogens is 510 g/mol. The third-order valence-corrected chi connectivity index (χ3v) is 7.55. The molecule has 37 heavy (non-hydrogen) atoms. The lowest BCUT2D eigenvalue weighted by atomic mass is 9.86. The number of hydrogen-bond acceptors (Lipinski definition) is 6. The molecule has 0 spiro atoms. The Balaban J connectivity index is 2.11. The van der Waals surface area contributed by atoms with Crippen molar-refractivity contribution in [2.24, 2.45) is 11.1 Å². The van der Waals surface area contributed by atoms with Crippen molar-refractivity contribution < 1.29 is 18.0 Å². The summed E-state index contributed by atoms with van der Waals surface area (Å²) in [6, 6.07) is 13.8. The van der Waals surface area contributed by atoms with Gasteiger partial charge in [-0.1, -0.05) is 75.4 Å². The number of amidine groups is 1. The van der Waals surface area contributed by atoms with Gasteiger partial charge in [-0.25, -0.2) is 13.1 Å². The second kappa shape index (κ2) is 13.6. The summed E-state index contributed by atoms with van der Waals surface area (Å²) in [7, 11) is -3.83. The van der Waals surface area contributed by atoms with Crippen molar-refractivity contribution >= 4 is 39.4 Å². The van der Waals surface area contributed by atoms with Crippen LogP contribution in [-0.4, -0.2) is 50.2 Å². The summed E-state index contributed by atoms with van der Waals surface area (Å²) in [5.74, 6) is -0.588. The Morgan fingerprint density at radius 1 is 1.00 bits per heavy atom. The van der Waals surface area contributed by atoms with Gasteiger partial charge < -0.3 is 16.4 Å². The van der Waals surface area contributed by atoms with Crippen LogP contribution >= 0.6 is 11.8 Å². The first-order valence-corrected chi connectivity index (χ1v) is 14.9. The first-order chi connectivity index (χ1) is 17.3. The molecule has 6 N–H and O–H groups in total. The Hall–Kier alpha value is -2.89. The Morgan fingerprint density at radius 2 is 1.62 bits per heavy atom. The molecular formula is C26H37N5O4S2. The molecule has 0 aliphatic carbocycles. The van der Waals surface area contributed by atoms with Crippen LogP contribution in [0.15, 0.2) is 54.6 Å². The SMILES string of the molecule is CSCCC(NC(=O)C(NS(=O)(=O)Cc1ccccc1)C(C)(C)C)C(=O)NCc1ccc(C(=N)N)cc1. The highest BCUT2D eigenvalue weighted by atomic mass is 32.2. The van der Waals surface area contributed by atoms with Gasteiger partial charge in [0.1, 0.15) is 17.9 Å². The van der Waals surface area contributed by atoms with Crippen molar-refractivity contribution in [3.8, 4) is 0 Å². The average Bonchev–Trinajstić information content (AvgIpc) is 2.83. The van der Waals surface area contributed by atoms with E-state index in [2.05, 4.69) is 15.4 Å². The van der Waals surface area contributed by atoms with Crippen LogP contribution in [0.4, 0.5) is 0 Å². The minimum atomic E-state index is -3.83. The van der Waals surface area contributed by atoms with Crippen LogP contribution in [0.1, 0.15) is 43.9 Å². The van der Waals surface area contributed by atoms with E-state index in [1.807, 2.05) is 6.26 Å². The third kappa shape index (κ3) is 10.2. The Morgan fingerprint density at radius 3 is 2.16 bits per heavy atom. The lowest BCUT2D eigenvalue weighted by Crippen LogP contribution is -2.57. The van der Waals surface area contributed by atoms with E-state index in [0.717, 1.165) is 5.56 Å². The molecule has 0 aliphatic rings. The maximum atomic E-state index is 13.3. The predicted octanol–water partition coefficient (Wildman–Crippen LogP) is 2.36. The summed E-state index contributed by atoms with van der Waals surface area (Å²) in [5, 5.41) is 13.1. The predicted molar refractivity (Wildman–Crippen MR) is 150 cm³/mol. The topological polar surface area (TPSA) is 154 Å². The van der Waals surface area contributed by atoms with Crippen LogP contribution in [0.5, 0.6) is 0 Å². The molecule has 2 aromatic rings. The minimum absolute atomic E-state index is 0.0387. The van der Waals surface area contributed by atoms with Crippen LogP contribution in [-0.2, 0) is 31.9 Å². The highest BCUT2D eigenvalue weighted by Crippen LogP contribution is 2.21. The summed E-state index contributed by atoms with van der Waals surface area (Å²) >= 11 is 1.54. The minimum Gasteiger partial charge on any atom is -0.384 e. The van der Waals surface area contributed by atoms with Crippen molar-refractivity contribution in [2.75, 3.05) is 12.0 Å². The molecule has 2 aromatic carbocycles. The van der Waals surface area contributed by atoms with E-state index in [1.165, 1.54) is 0 Å². The van der Waals surface area contributed by atoms with Crippen molar-refractivity contribution in [3.63, 3.8) is 0 Å². The summed E-state index contributed by atoms with van der Waals surface area (Å²) in [4.78, 5) is 26.3. The number of rotatable bonds is 13. The van der Waals surface area contributed by atoms with Crippen molar-refractivity contribution in [1.29, 1.82) is 5.41 Å². The fourth-order valence-electron chi connectivity index (χ4n) is 3.51. The molecule has 0 saturated carbocycles. The number of amides is 2. The molecule has 2 amide bonds. The molecule has 0 radical (unpaired) electrons. The van der Waals surface area contributed by atoms with Crippen LogP contribution in [0.2, 0.25) is 0 Å². The van der Waals surface area contributed by atoms with Crippen LogP contribution in [0.25, 0.3) is 0 Å². The second-order valence-electron chi connectivity index (χ2n) is 9.83. The molecule has 2 atom stereocenters. The van der Waals surface area contributed by atoms with Crippen LogP contribution < -0.4 is 21.1 Å². The van der Waals surface area contributed by atoms with E-state index in [0.29, 0.717) is 23.3 Å². The Bertz CT molecular complexity index is 1160. The van der Waals surface area contributed by atoms with Gasteiger partial charge in [0.15, 0.2) is 0 Å². The van der Waals surface area contributed by atoms with Crippen molar-refractivity contribution in [3.05, 3.63) is 71.3 Å². The smallest absolute Gasteiger partial charge is 0.242 e. The number of carbonyl (C=O) groups is 2. The normalized spacial score (nSPS) is 13.4. The number of sulfonamides is 1. The quantitative estimate of drug-likeness (QED) is 0.192. The summed E-state index contributed by atoms with van der Waals surface area (Å²) in [5.41, 5.74) is 6.74. The van der Waals surface area contributed by atoms with Gasteiger partial charge in [-0.3, -0.25) is 15.0 Å². The van der Waals surface area contributed by atoms with Gasteiger partial charge >= 0.3 is 0 Å². The monoisotopic (exact) mass is 547 g/mol. The molecule has 0 bridgehead atoms. The Labute approximate surface area is 223 Å². The molecule has 0 fully saturated rings. The summed E-state index contributed by atoms with van der Waals surface area (Å²) < 4.78 is 28.3. The van der Waals surface area contributed by atoms with Crippen molar-refractivity contribution in [2.45, 2.75) is 51.6 Å². The number of nitrogens with one attached hydrogen (secondary N) is 4. The zero-order chi connectivity index (χ0) is 27.6. The number of nitrogen functional groups attached to an aromatic ring is 1. The molecule has 0 aliphatic heterocycles. The van der Waals surface area contributed by atoms with Gasteiger partial charge in [-0.2, -0.15) is 11.8 Å². The average molecular weight is 548 g/mol. The van der Waals surface area contributed by atoms with Gasteiger partial charge in [0.2, 0.25) is 21.8 Å². The van der Waals surface area contributed by atoms with E-state index in [-0.39, 0.29) is 24.0 Å². The van der Waals surface area contributed by atoms with Crippen LogP contribution in [0.3, 0.4) is 0 Å². The second-order valence-corrected chi connectivity index (χ2v) is 12.6. The van der Waals surface area contributed by atoms with Crippen LogP contribution in [0, 0.1) is 10.8 Å². The number of thioether (sulfide) groups is 1. The molecule has 9 nitrogen and oxygen atoms in total.